The quantitative estimate of drug-likeness (QED) is 0.590. The molecule has 2 fully saturated rings. The van der Waals surface area contributed by atoms with Gasteiger partial charge in [-0.3, -0.25) is 9.69 Å². The second kappa shape index (κ2) is 9.58. The number of benzene rings is 2. The van der Waals surface area contributed by atoms with E-state index in [-0.39, 0.29) is 24.0 Å². The molecule has 2 bridgehead atoms. The summed E-state index contributed by atoms with van der Waals surface area (Å²) in [5.41, 5.74) is 8.70. The lowest BCUT2D eigenvalue weighted by Crippen LogP contribution is -2.49. The highest BCUT2D eigenvalue weighted by atomic mass is 19.4. The van der Waals surface area contributed by atoms with Crippen molar-refractivity contribution in [3.8, 4) is 5.75 Å². The number of amides is 1. The Morgan fingerprint density at radius 3 is 2.38 bits per heavy atom. The number of nitrogens with zero attached hydrogens (tertiary/aromatic N) is 2. The van der Waals surface area contributed by atoms with E-state index in [9.17, 15) is 18.0 Å². The van der Waals surface area contributed by atoms with Crippen molar-refractivity contribution in [2.75, 3.05) is 26.2 Å². The Bertz CT molecular complexity index is 1040. The van der Waals surface area contributed by atoms with Gasteiger partial charge < -0.3 is 15.4 Å². The normalized spacial score (nSPS) is 21.2. The van der Waals surface area contributed by atoms with Gasteiger partial charge >= 0.3 is 6.18 Å². The van der Waals surface area contributed by atoms with Gasteiger partial charge in [0.05, 0.1) is 12.2 Å². The van der Waals surface area contributed by atoms with E-state index in [1.165, 1.54) is 23.3 Å². The number of rotatable bonds is 7. The van der Waals surface area contributed by atoms with E-state index in [1.54, 1.807) is 0 Å². The minimum Gasteiger partial charge on any atom is -0.493 e. The molecular weight excluding hydrogens is 443 g/mol. The molecule has 2 saturated heterocycles. The summed E-state index contributed by atoms with van der Waals surface area (Å²) in [4.78, 5) is 17.3. The average Bonchev–Trinajstić information content (AvgIpc) is 3.42. The summed E-state index contributed by atoms with van der Waals surface area (Å²) in [5.74, 6) is 0.692. The summed E-state index contributed by atoms with van der Waals surface area (Å²) in [5, 5.41) is 0. The first kappa shape index (κ1) is 24.5. The van der Waals surface area contributed by atoms with E-state index in [1.807, 2.05) is 11.0 Å². The zero-order valence-corrected chi connectivity index (χ0v) is 19.9. The SMILES string of the molecule is Cc1c(OCCCN)ccc([C@H](C)N2C[C@H]3C[C@@H]2CN3C(=O)c2ccc(C(F)(F)F)cc2)c1C. The number of nitrogens with two attached hydrogens (primary N) is 1. The van der Waals surface area contributed by atoms with Crippen LogP contribution in [0.3, 0.4) is 0 Å². The number of ether oxygens (including phenoxy) is 1. The molecule has 3 atom stereocenters. The van der Waals surface area contributed by atoms with Crippen molar-refractivity contribution in [1.29, 1.82) is 0 Å². The van der Waals surface area contributed by atoms with Gasteiger partial charge in [0, 0.05) is 36.8 Å². The number of likely N-dealkylation sites (tertiary alicyclic amines) is 2. The number of carbonyl (C=O) groups excluding carboxylic acids is 1. The maximum atomic E-state index is 13.0. The highest BCUT2D eigenvalue weighted by Gasteiger charge is 2.47. The van der Waals surface area contributed by atoms with Crippen molar-refractivity contribution in [3.05, 3.63) is 64.2 Å². The fourth-order valence-corrected chi connectivity index (χ4v) is 5.26. The van der Waals surface area contributed by atoms with Crippen molar-refractivity contribution >= 4 is 5.91 Å². The van der Waals surface area contributed by atoms with Crippen LogP contribution < -0.4 is 10.5 Å². The standard InChI is InChI=1S/C26H32F3N3O2/c1-16-17(2)24(34-12-4-11-30)10-9-23(16)18(3)31-14-22-13-21(31)15-32(22)25(33)19-5-7-20(8-6-19)26(27,28)29/h5-10,18,21-22H,4,11-15,30H2,1-3H3/t18-,21+,22+/m0/s1. The summed E-state index contributed by atoms with van der Waals surface area (Å²) in [6, 6.07) is 9.16. The molecule has 8 heteroatoms. The maximum absolute atomic E-state index is 13.0. The van der Waals surface area contributed by atoms with Crippen LogP contribution in [0.1, 0.15) is 58.4 Å². The highest BCUT2D eigenvalue weighted by Crippen LogP contribution is 2.39. The van der Waals surface area contributed by atoms with Gasteiger partial charge in [0.15, 0.2) is 0 Å². The second-order valence-electron chi connectivity index (χ2n) is 9.34. The zero-order valence-electron chi connectivity index (χ0n) is 19.9. The van der Waals surface area contributed by atoms with Gasteiger partial charge in [-0.1, -0.05) is 6.07 Å². The highest BCUT2D eigenvalue weighted by molar-refractivity contribution is 5.94. The van der Waals surface area contributed by atoms with Crippen LogP contribution in [0, 0.1) is 13.8 Å². The molecule has 0 saturated carbocycles. The molecule has 184 valence electrons. The van der Waals surface area contributed by atoms with Crippen LogP contribution in [0.5, 0.6) is 5.75 Å². The third kappa shape index (κ3) is 4.66. The maximum Gasteiger partial charge on any atom is 0.416 e. The lowest BCUT2D eigenvalue weighted by Gasteiger charge is -2.38. The molecule has 2 aliphatic heterocycles. The summed E-state index contributed by atoms with van der Waals surface area (Å²) in [6.07, 6.45) is -2.71. The fourth-order valence-electron chi connectivity index (χ4n) is 5.26. The Hall–Kier alpha value is -2.58. The van der Waals surface area contributed by atoms with Crippen molar-refractivity contribution in [1.82, 2.24) is 9.80 Å². The number of alkyl halides is 3. The van der Waals surface area contributed by atoms with E-state index < -0.39 is 11.7 Å². The fraction of sp³-hybridized carbons (Fsp3) is 0.500. The van der Waals surface area contributed by atoms with Crippen molar-refractivity contribution in [2.24, 2.45) is 5.73 Å². The average molecular weight is 476 g/mol. The van der Waals surface area contributed by atoms with E-state index in [0.717, 1.165) is 42.8 Å². The number of hydrogen-bond acceptors (Lipinski definition) is 4. The molecule has 4 rings (SSSR count). The molecule has 1 amide bonds. The van der Waals surface area contributed by atoms with Gasteiger partial charge in [-0.15, -0.1) is 0 Å². The third-order valence-electron chi connectivity index (χ3n) is 7.34. The van der Waals surface area contributed by atoms with Crippen LogP contribution in [-0.4, -0.2) is 54.0 Å². The van der Waals surface area contributed by atoms with E-state index in [2.05, 4.69) is 31.7 Å². The Balaban J connectivity index is 1.42. The van der Waals surface area contributed by atoms with Gasteiger partial charge in [0.1, 0.15) is 5.75 Å². The van der Waals surface area contributed by atoms with Crippen LogP contribution in [-0.2, 0) is 6.18 Å². The summed E-state index contributed by atoms with van der Waals surface area (Å²) in [6.45, 7) is 8.93. The monoisotopic (exact) mass is 475 g/mol. The molecule has 0 unspecified atom stereocenters. The minimum atomic E-state index is -4.41. The lowest BCUT2D eigenvalue weighted by molar-refractivity contribution is -0.137. The van der Waals surface area contributed by atoms with Crippen molar-refractivity contribution < 1.29 is 22.7 Å². The number of fused-ring (bicyclic) bond motifs is 2. The van der Waals surface area contributed by atoms with Crippen LogP contribution in [0.4, 0.5) is 13.2 Å². The van der Waals surface area contributed by atoms with Crippen molar-refractivity contribution in [2.45, 2.75) is 57.9 Å². The minimum absolute atomic E-state index is 0.0718. The Morgan fingerprint density at radius 2 is 1.79 bits per heavy atom. The molecule has 34 heavy (non-hydrogen) atoms. The second-order valence-corrected chi connectivity index (χ2v) is 9.34. The van der Waals surface area contributed by atoms with E-state index in [4.69, 9.17) is 10.5 Å². The molecule has 0 aliphatic carbocycles. The topological polar surface area (TPSA) is 58.8 Å². The molecule has 2 aromatic rings. The molecule has 0 radical (unpaired) electrons. The largest absolute Gasteiger partial charge is 0.493 e. The molecule has 2 aliphatic rings. The number of carbonyl (C=O) groups is 1. The Kier molecular flexibility index (Phi) is 6.92. The predicted octanol–water partition coefficient (Wildman–Crippen LogP) is 4.71. The molecule has 2 heterocycles. The van der Waals surface area contributed by atoms with Gasteiger partial charge in [-0.05, 0) is 87.2 Å². The first-order valence-electron chi connectivity index (χ1n) is 11.8. The Morgan fingerprint density at radius 1 is 1.09 bits per heavy atom. The predicted molar refractivity (Wildman–Crippen MR) is 125 cm³/mol. The molecule has 2 N–H and O–H groups in total. The number of halogens is 3. The summed E-state index contributed by atoms with van der Waals surface area (Å²) >= 11 is 0. The van der Waals surface area contributed by atoms with Crippen LogP contribution in [0.25, 0.3) is 0 Å². The Labute approximate surface area is 198 Å². The summed E-state index contributed by atoms with van der Waals surface area (Å²) in [7, 11) is 0. The number of piperazine rings is 1. The first-order chi connectivity index (χ1) is 16.1. The number of hydrogen-bond donors (Lipinski definition) is 1. The zero-order chi connectivity index (χ0) is 24.6. The molecule has 5 nitrogen and oxygen atoms in total. The van der Waals surface area contributed by atoms with E-state index >= 15 is 0 Å². The van der Waals surface area contributed by atoms with Crippen molar-refractivity contribution in [3.63, 3.8) is 0 Å². The molecule has 0 aromatic heterocycles. The first-order valence-corrected chi connectivity index (χ1v) is 11.8. The summed E-state index contributed by atoms with van der Waals surface area (Å²) < 4.78 is 44.4. The van der Waals surface area contributed by atoms with Gasteiger partial charge in [0.25, 0.3) is 5.91 Å². The molecule has 2 aromatic carbocycles. The van der Waals surface area contributed by atoms with Gasteiger partial charge in [-0.25, -0.2) is 0 Å². The smallest absolute Gasteiger partial charge is 0.416 e. The molecular formula is C26H32F3N3O2. The van der Waals surface area contributed by atoms with Crippen LogP contribution in [0.2, 0.25) is 0 Å². The third-order valence-corrected chi connectivity index (χ3v) is 7.34. The lowest BCUT2D eigenvalue weighted by atomic mass is 9.96. The van der Waals surface area contributed by atoms with Crippen LogP contribution >= 0.6 is 0 Å². The van der Waals surface area contributed by atoms with Gasteiger partial charge in [0.2, 0.25) is 0 Å². The molecule has 0 spiro atoms. The van der Waals surface area contributed by atoms with Crippen LogP contribution in [0.15, 0.2) is 36.4 Å². The van der Waals surface area contributed by atoms with E-state index in [0.29, 0.717) is 25.3 Å². The van der Waals surface area contributed by atoms with Gasteiger partial charge in [-0.2, -0.15) is 13.2 Å².